The first kappa shape index (κ1) is 14.9. The van der Waals surface area contributed by atoms with E-state index in [1.807, 2.05) is 60.7 Å². The fraction of sp³-hybridized carbons (Fsp3) is 0.167. The van der Waals surface area contributed by atoms with Crippen LogP contribution in [-0.4, -0.2) is 12.8 Å². The van der Waals surface area contributed by atoms with E-state index >= 15 is 0 Å². The van der Waals surface area contributed by atoms with Gasteiger partial charge in [-0.05, 0) is 42.3 Å². The first-order valence-corrected chi connectivity index (χ1v) is 7.01. The zero-order valence-electron chi connectivity index (χ0n) is 12.4. The minimum Gasteiger partial charge on any atom is -0.497 e. The number of ether oxygens (including phenoxy) is 1. The zero-order valence-corrected chi connectivity index (χ0v) is 12.4. The second kappa shape index (κ2) is 7.90. The summed E-state index contributed by atoms with van der Waals surface area (Å²) in [6.45, 7) is 2.09. The molecular formula is C18H20N2O. The highest BCUT2D eigenvalue weighted by molar-refractivity contribution is 5.98. The predicted octanol–water partition coefficient (Wildman–Crippen LogP) is 4.59. The highest BCUT2D eigenvalue weighted by Gasteiger charge is 1.93. The fourth-order valence-electron chi connectivity index (χ4n) is 1.79. The van der Waals surface area contributed by atoms with E-state index in [4.69, 9.17) is 4.74 Å². The molecule has 0 aromatic heterocycles. The van der Waals surface area contributed by atoms with Crippen LogP contribution in [0.5, 0.6) is 5.75 Å². The molecule has 2 aromatic rings. The molecule has 2 rings (SSSR count). The number of anilines is 1. The van der Waals surface area contributed by atoms with Crippen molar-refractivity contribution in [1.29, 1.82) is 0 Å². The Balaban J connectivity index is 2.01. The molecule has 0 aliphatic rings. The van der Waals surface area contributed by atoms with Crippen LogP contribution >= 0.6 is 0 Å². The number of allylic oxidation sites excluding steroid dienone is 1. The smallest absolute Gasteiger partial charge is 0.118 e. The van der Waals surface area contributed by atoms with Crippen LogP contribution in [0.3, 0.4) is 0 Å². The highest BCUT2D eigenvalue weighted by atomic mass is 16.5. The van der Waals surface area contributed by atoms with Gasteiger partial charge in [-0.3, -0.25) is 5.43 Å². The first-order chi connectivity index (χ1) is 10.3. The molecule has 21 heavy (non-hydrogen) atoms. The quantitative estimate of drug-likeness (QED) is 0.620. The van der Waals surface area contributed by atoms with Crippen LogP contribution in [0.25, 0.3) is 6.08 Å². The van der Waals surface area contributed by atoms with Crippen LogP contribution in [-0.2, 0) is 0 Å². The largest absolute Gasteiger partial charge is 0.497 e. The molecule has 0 unspecified atom stereocenters. The summed E-state index contributed by atoms with van der Waals surface area (Å²) in [5.74, 6) is 0.863. The maximum absolute atomic E-state index is 5.15. The Morgan fingerprint density at radius 1 is 1.10 bits per heavy atom. The molecule has 0 saturated heterocycles. The van der Waals surface area contributed by atoms with Gasteiger partial charge < -0.3 is 4.74 Å². The van der Waals surface area contributed by atoms with Crippen molar-refractivity contribution < 1.29 is 4.74 Å². The fourth-order valence-corrected chi connectivity index (χ4v) is 1.79. The Labute approximate surface area is 126 Å². The van der Waals surface area contributed by atoms with Crippen LogP contribution < -0.4 is 10.2 Å². The topological polar surface area (TPSA) is 33.6 Å². The predicted molar refractivity (Wildman–Crippen MR) is 89.8 cm³/mol. The summed E-state index contributed by atoms with van der Waals surface area (Å²) >= 11 is 0. The van der Waals surface area contributed by atoms with Gasteiger partial charge in [0.15, 0.2) is 0 Å². The normalized spacial score (nSPS) is 11.6. The number of nitrogens with zero attached hydrogens (tertiary/aromatic N) is 1. The summed E-state index contributed by atoms with van der Waals surface area (Å²) < 4.78 is 5.15. The molecular weight excluding hydrogens is 260 g/mol. The van der Waals surface area contributed by atoms with Crippen molar-refractivity contribution >= 4 is 17.5 Å². The van der Waals surface area contributed by atoms with Crippen LogP contribution in [0.15, 0.2) is 65.8 Å². The van der Waals surface area contributed by atoms with E-state index in [1.54, 1.807) is 7.11 Å². The molecule has 3 heteroatoms. The second-order valence-corrected chi connectivity index (χ2v) is 4.54. The van der Waals surface area contributed by atoms with Gasteiger partial charge in [0.2, 0.25) is 0 Å². The number of nitrogens with one attached hydrogen (secondary N) is 1. The molecule has 108 valence electrons. The van der Waals surface area contributed by atoms with E-state index in [9.17, 15) is 0 Å². The summed E-state index contributed by atoms with van der Waals surface area (Å²) in [5, 5.41) is 4.42. The Morgan fingerprint density at radius 2 is 1.81 bits per heavy atom. The minimum absolute atomic E-state index is 0.863. The zero-order chi connectivity index (χ0) is 14.9. The van der Waals surface area contributed by atoms with Gasteiger partial charge in [0.05, 0.1) is 18.5 Å². The molecule has 0 amide bonds. The van der Waals surface area contributed by atoms with Crippen molar-refractivity contribution in [3.8, 4) is 5.75 Å². The lowest BCUT2D eigenvalue weighted by molar-refractivity contribution is 0.415. The second-order valence-electron chi connectivity index (χ2n) is 4.54. The van der Waals surface area contributed by atoms with E-state index in [2.05, 4.69) is 23.5 Å². The van der Waals surface area contributed by atoms with Crippen molar-refractivity contribution in [3.63, 3.8) is 0 Å². The van der Waals surface area contributed by atoms with E-state index < -0.39 is 0 Å². The molecule has 0 aliphatic carbocycles. The lowest BCUT2D eigenvalue weighted by Gasteiger charge is -2.02. The SMILES string of the molecule is CCC(/C=C/c1ccc(OC)cc1)=N\Nc1ccccc1. The van der Waals surface area contributed by atoms with Crippen molar-refractivity contribution in [2.75, 3.05) is 12.5 Å². The van der Waals surface area contributed by atoms with E-state index in [0.717, 1.165) is 29.1 Å². The molecule has 3 nitrogen and oxygen atoms in total. The van der Waals surface area contributed by atoms with Gasteiger partial charge in [0.1, 0.15) is 5.75 Å². The molecule has 0 aliphatic heterocycles. The highest BCUT2D eigenvalue weighted by Crippen LogP contribution is 2.12. The Bertz CT molecular complexity index is 601. The molecule has 1 N–H and O–H groups in total. The maximum Gasteiger partial charge on any atom is 0.118 e. The number of rotatable bonds is 6. The van der Waals surface area contributed by atoms with Crippen LogP contribution in [0.1, 0.15) is 18.9 Å². The first-order valence-electron chi connectivity index (χ1n) is 7.01. The molecule has 0 radical (unpaired) electrons. The van der Waals surface area contributed by atoms with Crippen molar-refractivity contribution in [1.82, 2.24) is 0 Å². The van der Waals surface area contributed by atoms with Gasteiger partial charge in [0.25, 0.3) is 0 Å². The van der Waals surface area contributed by atoms with E-state index in [-0.39, 0.29) is 0 Å². The van der Waals surface area contributed by atoms with Gasteiger partial charge in [-0.25, -0.2) is 0 Å². The summed E-state index contributed by atoms with van der Waals surface area (Å²) in [6.07, 6.45) is 4.94. The average Bonchev–Trinajstić information content (AvgIpc) is 2.56. The van der Waals surface area contributed by atoms with Crippen molar-refractivity contribution in [3.05, 3.63) is 66.2 Å². The Morgan fingerprint density at radius 3 is 2.43 bits per heavy atom. The minimum atomic E-state index is 0.863. The lowest BCUT2D eigenvalue weighted by Crippen LogP contribution is -1.97. The van der Waals surface area contributed by atoms with Gasteiger partial charge >= 0.3 is 0 Å². The molecule has 0 heterocycles. The molecule has 2 aromatic carbocycles. The van der Waals surface area contributed by atoms with Gasteiger partial charge in [0, 0.05) is 0 Å². The third-order valence-corrected chi connectivity index (χ3v) is 3.05. The van der Waals surface area contributed by atoms with Crippen molar-refractivity contribution in [2.24, 2.45) is 5.10 Å². The summed E-state index contributed by atoms with van der Waals surface area (Å²) in [7, 11) is 1.67. The van der Waals surface area contributed by atoms with E-state index in [1.165, 1.54) is 0 Å². The summed E-state index contributed by atoms with van der Waals surface area (Å²) in [5.41, 5.74) is 6.17. The van der Waals surface area contributed by atoms with Crippen molar-refractivity contribution in [2.45, 2.75) is 13.3 Å². The number of para-hydroxylation sites is 1. The summed E-state index contributed by atoms with van der Waals surface area (Å²) in [4.78, 5) is 0. The third kappa shape index (κ3) is 4.80. The standard InChI is InChI=1S/C18H20N2O/c1-3-16(19-20-17-7-5-4-6-8-17)12-9-15-10-13-18(21-2)14-11-15/h4-14,20H,3H2,1-2H3/b12-9+,19-16+. The summed E-state index contributed by atoms with van der Waals surface area (Å²) in [6, 6.07) is 17.9. The lowest BCUT2D eigenvalue weighted by atomic mass is 10.1. The van der Waals surface area contributed by atoms with Crippen LogP contribution in [0.4, 0.5) is 5.69 Å². The Kier molecular flexibility index (Phi) is 5.59. The Hall–Kier alpha value is -2.55. The molecule has 0 atom stereocenters. The molecule has 0 fully saturated rings. The monoisotopic (exact) mass is 280 g/mol. The van der Waals surface area contributed by atoms with Gasteiger partial charge in [-0.2, -0.15) is 5.10 Å². The van der Waals surface area contributed by atoms with E-state index in [0.29, 0.717) is 0 Å². The number of hydrogen-bond donors (Lipinski definition) is 1. The maximum atomic E-state index is 5.15. The average molecular weight is 280 g/mol. The number of methoxy groups -OCH3 is 1. The van der Waals surface area contributed by atoms with Crippen LogP contribution in [0.2, 0.25) is 0 Å². The van der Waals surface area contributed by atoms with Gasteiger partial charge in [-0.1, -0.05) is 43.3 Å². The molecule has 0 saturated carbocycles. The number of hydrazone groups is 1. The third-order valence-electron chi connectivity index (χ3n) is 3.05. The molecule has 0 bridgehead atoms. The number of hydrogen-bond acceptors (Lipinski definition) is 3. The van der Waals surface area contributed by atoms with Crippen LogP contribution in [0, 0.1) is 0 Å². The number of benzene rings is 2. The molecule has 0 spiro atoms. The van der Waals surface area contributed by atoms with Gasteiger partial charge in [-0.15, -0.1) is 0 Å².